The normalized spacial score (nSPS) is 16.7. The van der Waals surface area contributed by atoms with Crippen molar-refractivity contribution in [2.75, 3.05) is 13.2 Å². The number of aryl methyl sites for hydroxylation is 2. The van der Waals surface area contributed by atoms with Gasteiger partial charge in [-0.05, 0) is 49.9 Å². The SMILES string of the molecule is Cc1cc(C)cc(OCCC(=O)NC2(CO)CCCC2)c1. The van der Waals surface area contributed by atoms with Gasteiger partial charge in [0.2, 0.25) is 5.91 Å². The molecule has 1 aromatic rings. The summed E-state index contributed by atoms with van der Waals surface area (Å²) >= 11 is 0. The van der Waals surface area contributed by atoms with E-state index >= 15 is 0 Å². The van der Waals surface area contributed by atoms with E-state index in [0.29, 0.717) is 13.0 Å². The molecular weight excluding hydrogens is 266 g/mol. The van der Waals surface area contributed by atoms with Crippen molar-refractivity contribution in [1.29, 1.82) is 0 Å². The van der Waals surface area contributed by atoms with Gasteiger partial charge in [0.15, 0.2) is 0 Å². The minimum atomic E-state index is -0.392. The number of aliphatic hydroxyl groups is 1. The van der Waals surface area contributed by atoms with Gasteiger partial charge in [0.25, 0.3) is 0 Å². The van der Waals surface area contributed by atoms with Gasteiger partial charge in [0.1, 0.15) is 5.75 Å². The predicted molar refractivity (Wildman–Crippen MR) is 82.5 cm³/mol. The molecule has 1 aliphatic rings. The van der Waals surface area contributed by atoms with Crippen LogP contribution in [0.3, 0.4) is 0 Å². The zero-order chi connectivity index (χ0) is 15.3. The van der Waals surface area contributed by atoms with Crippen molar-refractivity contribution in [3.63, 3.8) is 0 Å². The molecule has 0 radical (unpaired) electrons. The Morgan fingerprint density at radius 2 is 1.86 bits per heavy atom. The minimum absolute atomic E-state index is 0.0245. The summed E-state index contributed by atoms with van der Waals surface area (Å²) in [6.45, 7) is 4.43. The Bertz CT molecular complexity index is 473. The van der Waals surface area contributed by atoms with Gasteiger partial charge >= 0.3 is 0 Å². The maximum absolute atomic E-state index is 12.0. The van der Waals surface area contributed by atoms with Gasteiger partial charge in [-0.15, -0.1) is 0 Å². The Morgan fingerprint density at radius 1 is 1.24 bits per heavy atom. The Kier molecular flexibility index (Phi) is 5.23. The van der Waals surface area contributed by atoms with Crippen LogP contribution in [0.25, 0.3) is 0 Å². The van der Waals surface area contributed by atoms with Crippen LogP contribution in [0.4, 0.5) is 0 Å². The summed E-state index contributed by atoms with van der Waals surface area (Å²) in [6.07, 6.45) is 4.19. The van der Waals surface area contributed by atoms with Crippen molar-refractivity contribution in [2.45, 2.75) is 51.5 Å². The molecule has 0 aliphatic heterocycles. The molecule has 2 rings (SSSR count). The van der Waals surface area contributed by atoms with Crippen LogP contribution in [0.1, 0.15) is 43.2 Å². The molecule has 1 aromatic carbocycles. The zero-order valence-corrected chi connectivity index (χ0v) is 12.9. The first-order chi connectivity index (χ1) is 10.0. The molecule has 4 heteroatoms. The molecule has 0 atom stereocenters. The van der Waals surface area contributed by atoms with Crippen molar-refractivity contribution in [2.24, 2.45) is 0 Å². The monoisotopic (exact) mass is 291 g/mol. The van der Waals surface area contributed by atoms with Gasteiger partial charge < -0.3 is 15.2 Å². The number of carbonyl (C=O) groups excluding carboxylic acids is 1. The molecule has 0 spiro atoms. The Labute approximate surface area is 126 Å². The second kappa shape index (κ2) is 6.94. The fraction of sp³-hybridized carbons (Fsp3) is 0.588. The largest absolute Gasteiger partial charge is 0.493 e. The number of rotatable bonds is 6. The number of ether oxygens (including phenoxy) is 1. The van der Waals surface area contributed by atoms with E-state index < -0.39 is 5.54 Å². The van der Waals surface area contributed by atoms with Gasteiger partial charge in [0, 0.05) is 0 Å². The van der Waals surface area contributed by atoms with Gasteiger partial charge in [-0.25, -0.2) is 0 Å². The molecule has 0 saturated heterocycles. The van der Waals surface area contributed by atoms with Gasteiger partial charge in [-0.3, -0.25) is 4.79 Å². The van der Waals surface area contributed by atoms with E-state index in [1.165, 1.54) is 0 Å². The zero-order valence-electron chi connectivity index (χ0n) is 12.9. The van der Waals surface area contributed by atoms with E-state index in [0.717, 1.165) is 42.6 Å². The number of hydrogen-bond donors (Lipinski definition) is 2. The fourth-order valence-electron chi connectivity index (χ4n) is 3.01. The summed E-state index contributed by atoms with van der Waals surface area (Å²) < 4.78 is 5.65. The molecule has 1 amide bonds. The van der Waals surface area contributed by atoms with Crippen molar-refractivity contribution < 1.29 is 14.6 Å². The first-order valence-electron chi connectivity index (χ1n) is 7.66. The lowest BCUT2D eigenvalue weighted by atomic mass is 9.99. The third-order valence-electron chi connectivity index (χ3n) is 4.06. The van der Waals surface area contributed by atoms with E-state index in [1.807, 2.05) is 26.0 Å². The standard InChI is InChI=1S/C17H25NO3/c1-13-9-14(2)11-15(10-13)21-8-5-16(20)18-17(12-19)6-3-4-7-17/h9-11,19H,3-8,12H2,1-2H3,(H,18,20). The van der Waals surface area contributed by atoms with Gasteiger partial charge in [-0.2, -0.15) is 0 Å². The smallest absolute Gasteiger partial charge is 0.223 e. The fourth-order valence-corrected chi connectivity index (χ4v) is 3.01. The second-order valence-electron chi connectivity index (χ2n) is 6.12. The molecule has 1 saturated carbocycles. The third kappa shape index (κ3) is 4.46. The van der Waals surface area contributed by atoms with Crippen LogP contribution in [-0.4, -0.2) is 29.8 Å². The van der Waals surface area contributed by atoms with Crippen LogP contribution in [0.15, 0.2) is 18.2 Å². The van der Waals surface area contributed by atoms with E-state index in [1.54, 1.807) is 0 Å². The van der Waals surface area contributed by atoms with E-state index in [4.69, 9.17) is 4.74 Å². The quantitative estimate of drug-likeness (QED) is 0.846. The number of hydrogen-bond acceptors (Lipinski definition) is 3. The molecule has 0 unspecified atom stereocenters. The summed E-state index contributed by atoms with van der Waals surface area (Å²) in [4.78, 5) is 12.0. The molecule has 0 aromatic heterocycles. The summed E-state index contributed by atoms with van der Waals surface area (Å²) in [7, 11) is 0. The van der Waals surface area contributed by atoms with Gasteiger partial charge in [-0.1, -0.05) is 18.9 Å². The molecule has 1 aliphatic carbocycles. The lowest BCUT2D eigenvalue weighted by molar-refractivity contribution is -0.124. The van der Waals surface area contributed by atoms with Crippen LogP contribution in [0, 0.1) is 13.8 Å². The summed E-state index contributed by atoms with van der Waals surface area (Å²) in [6, 6.07) is 6.03. The number of amides is 1. The maximum atomic E-state index is 12.0. The van der Waals surface area contributed by atoms with Crippen LogP contribution in [0.5, 0.6) is 5.75 Å². The average molecular weight is 291 g/mol. The predicted octanol–water partition coefficient (Wildman–Crippen LogP) is 2.49. The molecule has 0 bridgehead atoms. The lowest BCUT2D eigenvalue weighted by Crippen LogP contribution is -2.49. The molecule has 4 nitrogen and oxygen atoms in total. The molecule has 21 heavy (non-hydrogen) atoms. The maximum Gasteiger partial charge on any atom is 0.223 e. The number of carbonyl (C=O) groups is 1. The highest BCUT2D eigenvalue weighted by atomic mass is 16.5. The van der Waals surface area contributed by atoms with E-state index in [2.05, 4.69) is 11.4 Å². The number of nitrogens with one attached hydrogen (secondary N) is 1. The highest BCUT2D eigenvalue weighted by Gasteiger charge is 2.34. The van der Waals surface area contributed by atoms with Gasteiger partial charge in [0.05, 0.1) is 25.2 Å². The average Bonchev–Trinajstić information content (AvgIpc) is 2.86. The number of benzene rings is 1. The van der Waals surface area contributed by atoms with Crippen LogP contribution in [-0.2, 0) is 4.79 Å². The van der Waals surface area contributed by atoms with Crippen LogP contribution < -0.4 is 10.1 Å². The highest BCUT2D eigenvalue weighted by molar-refractivity contribution is 5.77. The molecule has 0 heterocycles. The number of aliphatic hydroxyl groups excluding tert-OH is 1. The lowest BCUT2D eigenvalue weighted by Gasteiger charge is -2.27. The van der Waals surface area contributed by atoms with Crippen LogP contribution in [0.2, 0.25) is 0 Å². The van der Waals surface area contributed by atoms with Crippen molar-refractivity contribution in [3.8, 4) is 5.75 Å². The van der Waals surface area contributed by atoms with Crippen molar-refractivity contribution in [3.05, 3.63) is 29.3 Å². The highest BCUT2D eigenvalue weighted by Crippen LogP contribution is 2.29. The van der Waals surface area contributed by atoms with Crippen LogP contribution >= 0.6 is 0 Å². The topological polar surface area (TPSA) is 58.6 Å². The van der Waals surface area contributed by atoms with Crippen molar-refractivity contribution in [1.82, 2.24) is 5.32 Å². The first-order valence-corrected chi connectivity index (χ1v) is 7.66. The summed E-state index contributed by atoms with van der Waals surface area (Å²) in [5, 5.41) is 12.5. The second-order valence-corrected chi connectivity index (χ2v) is 6.12. The summed E-state index contributed by atoms with van der Waals surface area (Å²) in [5.74, 6) is 0.758. The molecule has 2 N–H and O–H groups in total. The van der Waals surface area contributed by atoms with Crippen molar-refractivity contribution >= 4 is 5.91 Å². The Hall–Kier alpha value is -1.55. The third-order valence-corrected chi connectivity index (χ3v) is 4.06. The minimum Gasteiger partial charge on any atom is -0.493 e. The Morgan fingerprint density at radius 3 is 2.43 bits per heavy atom. The molecule has 1 fully saturated rings. The Balaban J connectivity index is 1.79. The first kappa shape index (κ1) is 15.8. The summed E-state index contributed by atoms with van der Waals surface area (Å²) in [5.41, 5.74) is 1.91. The molecular formula is C17H25NO3. The van der Waals surface area contributed by atoms with E-state index in [-0.39, 0.29) is 12.5 Å². The molecule has 116 valence electrons. The van der Waals surface area contributed by atoms with E-state index in [9.17, 15) is 9.90 Å².